The Labute approximate surface area is 131 Å². The van der Waals surface area contributed by atoms with E-state index in [0.717, 1.165) is 11.3 Å². The average Bonchev–Trinajstić information content (AvgIpc) is 2.48. The summed E-state index contributed by atoms with van der Waals surface area (Å²) in [5.41, 5.74) is 7.79. The summed E-state index contributed by atoms with van der Waals surface area (Å²) in [6.07, 6.45) is 2.05. The minimum atomic E-state index is -0.274. The smallest absolute Gasteiger partial charge is 0.137 e. The lowest BCUT2D eigenvalue weighted by Gasteiger charge is -2.19. The molecule has 0 saturated carbocycles. The highest BCUT2D eigenvalue weighted by Crippen LogP contribution is 2.25. The number of nitrogens with two attached hydrogens (primary N) is 1. The van der Waals surface area contributed by atoms with Crippen molar-refractivity contribution in [2.75, 3.05) is 18.1 Å². The molecule has 0 spiro atoms. The van der Waals surface area contributed by atoms with Crippen molar-refractivity contribution in [2.45, 2.75) is 10.9 Å². The zero-order chi connectivity index (χ0) is 14.5. The molecule has 0 radical (unpaired) electrons. The van der Waals surface area contributed by atoms with Crippen molar-refractivity contribution in [3.63, 3.8) is 0 Å². The molecule has 0 bridgehead atoms. The summed E-state index contributed by atoms with van der Waals surface area (Å²) >= 11 is 4.89. The Morgan fingerprint density at radius 3 is 2.50 bits per heavy atom. The molecule has 0 saturated heterocycles. The highest BCUT2D eigenvalue weighted by molar-refractivity contribution is 9.10. The van der Waals surface area contributed by atoms with Gasteiger partial charge in [0.15, 0.2) is 0 Å². The van der Waals surface area contributed by atoms with E-state index in [1.54, 1.807) is 23.9 Å². The standard InChI is InChI=1S/C15H16BrFN2S/c1-20-12-5-2-10(3-6-12)15(9-18)19-11-4-7-14(17)13(16)8-11/h2-8,15,19H,9,18H2,1H3. The molecule has 1 atom stereocenters. The molecule has 3 N–H and O–H groups in total. The summed E-state index contributed by atoms with van der Waals surface area (Å²) < 4.78 is 13.7. The number of rotatable bonds is 5. The molecule has 2 aromatic carbocycles. The van der Waals surface area contributed by atoms with Crippen LogP contribution in [0.1, 0.15) is 11.6 Å². The summed E-state index contributed by atoms with van der Waals surface area (Å²) in [4.78, 5) is 1.22. The van der Waals surface area contributed by atoms with Gasteiger partial charge in [-0.3, -0.25) is 0 Å². The third kappa shape index (κ3) is 3.75. The Balaban J connectivity index is 2.16. The number of halogens is 2. The minimum absolute atomic E-state index is 0.00303. The molecule has 0 fully saturated rings. The summed E-state index contributed by atoms with van der Waals surface area (Å²) in [6.45, 7) is 0.466. The highest BCUT2D eigenvalue weighted by Gasteiger charge is 2.10. The van der Waals surface area contributed by atoms with Crippen LogP contribution in [0.25, 0.3) is 0 Å². The van der Waals surface area contributed by atoms with Crippen LogP contribution in [0.15, 0.2) is 51.8 Å². The highest BCUT2D eigenvalue weighted by atomic mass is 79.9. The van der Waals surface area contributed by atoms with Gasteiger partial charge >= 0.3 is 0 Å². The number of nitrogens with one attached hydrogen (secondary N) is 1. The molecule has 20 heavy (non-hydrogen) atoms. The van der Waals surface area contributed by atoms with Gasteiger partial charge in [0.2, 0.25) is 0 Å². The average molecular weight is 355 g/mol. The van der Waals surface area contributed by atoms with E-state index >= 15 is 0 Å². The second-order valence-electron chi connectivity index (χ2n) is 4.33. The molecule has 5 heteroatoms. The third-order valence-electron chi connectivity index (χ3n) is 3.01. The Morgan fingerprint density at radius 1 is 1.25 bits per heavy atom. The van der Waals surface area contributed by atoms with Crippen molar-refractivity contribution in [2.24, 2.45) is 5.73 Å². The van der Waals surface area contributed by atoms with Crippen LogP contribution in [0.5, 0.6) is 0 Å². The first-order valence-corrected chi connectivity index (χ1v) is 8.21. The van der Waals surface area contributed by atoms with Crippen molar-refractivity contribution in [3.05, 3.63) is 58.3 Å². The van der Waals surface area contributed by atoms with Crippen LogP contribution in [0, 0.1) is 5.82 Å². The Morgan fingerprint density at radius 2 is 1.95 bits per heavy atom. The molecule has 2 aromatic rings. The van der Waals surface area contributed by atoms with E-state index in [1.165, 1.54) is 11.0 Å². The number of hydrogen-bond donors (Lipinski definition) is 2. The number of hydrogen-bond acceptors (Lipinski definition) is 3. The lowest BCUT2D eigenvalue weighted by Crippen LogP contribution is -2.20. The van der Waals surface area contributed by atoms with E-state index in [0.29, 0.717) is 11.0 Å². The van der Waals surface area contributed by atoms with Gasteiger partial charge in [-0.25, -0.2) is 4.39 Å². The lowest BCUT2D eigenvalue weighted by molar-refractivity contribution is 0.621. The fraction of sp³-hybridized carbons (Fsp3) is 0.200. The Bertz CT molecular complexity index is 575. The topological polar surface area (TPSA) is 38.0 Å². The van der Waals surface area contributed by atoms with Gasteiger partial charge in [-0.1, -0.05) is 12.1 Å². The first-order chi connectivity index (χ1) is 9.63. The zero-order valence-corrected chi connectivity index (χ0v) is 13.5. The van der Waals surface area contributed by atoms with Gasteiger partial charge in [-0.15, -0.1) is 11.8 Å². The van der Waals surface area contributed by atoms with Gasteiger partial charge in [-0.2, -0.15) is 0 Å². The first-order valence-electron chi connectivity index (χ1n) is 6.19. The number of benzene rings is 2. The van der Waals surface area contributed by atoms with Gasteiger partial charge < -0.3 is 11.1 Å². The maximum absolute atomic E-state index is 13.2. The van der Waals surface area contributed by atoms with E-state index in [1.807, 2.05) is 6.26 Å². The molecule has 0 aromatic heterocycles. The van der Waals surface area contributed by atoms with Crippen molar-refractivity contribution in [1.82, 2.24) is 0 Å². The van der Waals surface area contributed by atoms with Crippen molar-refractivity contribution in [3.8, 4) is 0 Å². The SMILES string of the molecule is CSc1ccc(C(CN)Nc2ccc(F)c(Br)c2)cc1. The fourth-order valence-electron chi connectivity index (χ4n) is 1.90. The monoisotopic (exact) mass is 354 g/mol. The van der Waals surface area contributed by atoms with E-state index in [-0.39, 0.29) is 11.9 Å². The zero-order valence-electron chi connectivity index (χ0n) is 11.1. The van der Waals surface area contributed by atoms with Gasteiger partial charge in [-0.05, 0) is 58.1 Å². The van der Waals surface area contributed by atoms with Crippen LogP contribution >= 0.6 is 27.7 Å². The van der Waals surface area contributed by atoms with Gasteiger partial charge in [0.1, 0.15) is 5.82 Å². The molecular weight excluding hydrogens is 339 g/mol. The predicted octanol–water partition coefficient (Wildman–Crippen LogP) is 4.42. The molecular formula is C15H16BrFN2S. The summed E-state index contributed by atoms with van der Waals surface area (Å²) in [6, 6.07) is 13.1. The van der Waals surface area contributed by atoms with Crippen LogP contribution < -0.4 is 11.1 Å². The first kappa shape index (κ1) is 15.4. The van der Waals surface area contributed by atoms with E-state index in [9.17, 15) is 4.39 Å². The van der Waals surface area contributed by atoms with Crippen LogP contribution in [-0.2, 0) is 0 Å². The molecule has 2 nitrogen and oxygen atoms in total. The van der Waals surface area contributed by atoms with E-state index in [4.69, 9.17) is 5.73 Å². The summed E-state index contributed by atoms with van der Waals surface area (Å²) in [7, 11) is 0. The molecule has 0 aliphatic carbocycles. The number of anilines is 1. The third-order valence-corrected chi connectivity index (χ3v) is 4.37. The maximum Gasteiger partial charge on any atom is 0.137 e. The molecule has 1 unspecified atom stereocenters. The van der Waals surface area contributed by atoms with Crippen molar-refractivity contribution >= 4 is 33.4 Å². The van der Waals surface area contributed by atoms with Gasteiger partial charge in [0.25, 0.3) is 0 Å². The van der Waals surface area contributed by atoms with Gasteiger partial charge in [0.05, 0.1) is 10.5 Å². The van der Waals surface area contributed by atoms with E-state index in [2.05, 4.69) is 45.5 Å². The van der Waals surface area contributed by atoms with Crippen LogP contribution in [-0.4, -0.2) is 12.8 Å². The largest absolute Gasteiger partial charge is 0.377 e. The molecule has 2 rings (SSSR count). The Kier molecular flexibility index (Phi) is 5.46. The number of thioether (sulfide) groups is 1. The van der Waals surface area contributed by atoms with Crippen molar-refractivity contribution in [1.29, 1.82) is 0 Å². The molecule has 0 heterocycles. The normalized spacial score (nSPS) is 12.2. The molecule has 106 valence electrons. The maximum atomic E-state index is 13.2. The van der Waals surface area contributed by atoms with Crippen LogP contribution in [0.4, 0.5) is 10.1 Å². The fourth-order valence-corrected chi connectivity index (χ4v) is 2.69. The summed E-state index contributed by atoms with van der Waals surface area (Å²) in [5.74, 6) is -0.274. The Hall–Kier alpha value is -1.04. The predicted molar refractivity (Wildman–Crippen MR) is 87.7 cm³/mol. The van der Waals surface area contributed by atoms with Crippen LogP contribution in [0.2, 0.25) is 0 Å². The molecule has 0 amide bonds. The lowest BCUT2D eigenvalue weighted by atomic mass is 10.1. The second-order valence-corrected chi connectivity index (χ2v) is 6.07. The minimum Gasteiger partial charge on any atom is -0.377 e. The molecule has 0 aliphatic heterocycles. The van der Waals surface area contributed by atoms with Crippen molar-refractivity contribution < 1.29 is 4.39 Å². The van der Waals surface area contributed by atoms with Gasteiger partial charge in [0, 0.05) is 17.1 Å². The van der Waals surface area contributed by atoms with Crippen LogP contribution in [0.3, 0.4) is 0 Å². The molecule has 0 aliphatic rings. The second kappa shape index (κ2) is 7.11. The summed E-state index contributed by atoms with van der Waals surface area (Å²) in [5, 5.41) is 3.32. The quantitative estimate of drug-likeness (QED) is 0.780. The van der Waals surface area contributed by atoms with E-state index < -0.39 is 0 Å².